The molecule has 0 radical (unpaired) electrons. The molecule has 0 saturated heterocycles. The van der Waals surface area contributed by atoms with E-state index in [0.29, 0.717) is 12.4 Å². The minimum atomic E-state index is -0.546. The first kappa shape index (κ1) is 13.9. The van der Waals surface area contributed by atoms with E-state index in [1.807, 2.05) is 6.92 Å². The first-order valence-electron chi connectivity index (χ1n) is 5.46. The van der Waals surface area contributed by atoms with Crippen molar-refractivity contribution in [1.82, 2.24) is 14.9 Å². The van der Waals surface area contributed by atoms with Gasteiger partial charge in [-0.15, -0.1) is 0 Å². The summed E-state index contributed by atoms with van der Waals surface area (Å²) in [5.41, 5.74) is 0.125. The predicted molar refractivity (Wildman–Crippen MR) is 65.2 cm³/mol. The van der Waals surface area contributed by atoms with E-state index in [4.69, 9.17) is 0 Å². The van der Waals surface area contributed by atoms with Crippen molar-refractivity contribution in [3.05, 3.63) is 18.1 Å². The summed E-state index contributed by atoms with van der Waals surface area (Å²) in [6, 6.07) is 0. The molecule has 18 heavy (non-hydrogen) atoms. The fraction of sp³-hybridized carbons (Fsp3) is 0.455. The van der Waals surface area contributed by atoms with Gasteiger partial charge >= 0.3 is 5.97 Å². The first-order valence-corrected chi connectivity index (χ1v) is 5.46. The van der Waals surface area contributed by atoms with Crippen LogP contribution in [0, 0.1) is 0 Å². The third kappa shape index (κ3) is 3.69. The molecule has 0 aliphatic rings. The fourth-order valence-corrected chi connectivity index (χ4v) is 1.11. The second kappa shape index (κ2) is 6.53. The second-order valence-corrected chi connectivity index (χ2v) is 3.54. The smallest absolute Gasteiger partial charge is 0.358 e. The van der Waals surface area contributed by atoms with Crippen LogP contribution in [-0.2, 0) is 9.53 Å². The molecule has 0 aliphatic heterocycles. The summed E-state index contributed by atoms with van der Waals surface area (Å²) < 4.78 is 4.50. The lowest BCUT2D eigenvalue weighted by molar-refractivity contribution is -0.127. The van der Waals surface area contributed by atoms with Gasteiger partial charge in [-0.25, -0.2) is 14.8 Å². The molecule has 1 rings (SSSR count). The van der Waals surface area contributed by atoms with Crippen LogP contribution in [0.5, 0.6) is 0 Å². The molecule has 1 heterocycles. The van der Waals surface area contributed by atoms with Gasteiger partial charge in [0.25, 0.3) is 0 Å². The number of methoxy groups -OCH3 is 1. The van der Waals surface area contributed by atoms with E-state index < -0.39 is 5.97 Å². The molecule has 1 N–H and O–H groups in total. The number of anilines is 1. The van der Waals surface area contributed by atoms with Crippen molar-refractivity contribution >= 4 is 17.7 Å². The highest BCUT2D eigenvalue weighted by Gasteiger charge is 2.09. The van der Waals surface area contributed by atoms with Gasteiger partial charge in [0.15, 0.2) is 5.69 Å². The Bertz CT molecular complexity index is 419. The van der Waals surface area contributed by atoms with Gasteiger partial charge in [-0.2, -0.15) is 0 Å². The van der Waals surface area contributed by atoms with Crippen LogP contribution in [0.15, 0.2) is 12.4 Å². The highest BCUT2D eigenvalue weighted by molar-refractivity contribution is 5.86. The Morgan fingerprint density at radius 2 is 2.11 bits per heavy atom. The molecule has 1 aromatic rings. The number of likely N-dealkylation sites (N-methyl/N-ethyl adjacent to an activating group) is 1. The average molecular weight is 252 g/mol. The lowest BCUT2D eigenvalue weighted by Crippen LogP contribution is -2.32. The Hall–Kier alpha value is -2.18. The third-order valence-corrected chi connectivity index (χ3v) is 2.37. The standard InChI is InChI=1S/C11H16N4O3/c1-4-15(2)10(16)7-14-9-6-12-8(5-13-9)11(17)18-3/h5-6H,4,7H2,1-3H3,(H,13,14). The number of carbonyl (C=O) groups excluding carboxylic acids is 2. The molecule has 0 spiro atoms. The normalized spacial score (nSPS) is 9.72. The molecule has 98 valence electrons. The van der Waals surface area contributed by atoms with Crippen LogP contribution in [0.2, 0.25) is 0 Å². The highest BCUT2D eigenvalue weighted by atomic mass is 16.5. The van der Waals surface area contributed by atoms with Gasteiger partial charge in [0.1, 0.15) is 5.82 Å². The van der Waals surface area contributed by atoms with Crippen LogP contribution in [-0.4, -0.2) is 54.0 Å². The van der Waals surface area contributed by atoms with Crippen molar-refractivity contribution in [2.24, 2.45) is 0 Å². The summed E-state index contributed by atoms with van der Waals surface area (Å²) >= 11 is 0. The van der Waals surface area contributed by atoms with Crippen LogP contribution in [0.4, 0.5) is 5.82 Å². The zero-order valence-corrected chi connectivity index (χ0v) is 10.6. The molecular weight excluding hydrogens is 236 g/mol. The number of hydrogen-bond acceptors (Lipinski definition) is 6. The van der Waals surface area contributed by atoms with Crippen molar-refractivity contribution in [2.45, 2.75) is 6.92 Å². The Morgan fingerprint density at radius 1 is 1.39 bits per heavy atom. The van der Waals surface area contributed by atoms with Crippen molar-refractivity contribution in [1.29, 1.82) is 0 Å². The number of nitrogens with one attached hydrogen (secondary N) is 1. The van der Waals surface area contributed by atoms with Crippen molar-refractivity contribution < 1.29 is 14.3 Å². The van der Waals surface area contributed by atoms with Gasteiger partial charge in [0.2, 0.25) is 5.91 Å². The summed E-state index contributed by atoms with van der Waals surface area (Å²) in [6.45, 7) is 2.67. The van der Waals surface area contributed by atoms with Crippen LogP contribution >= 0.6 is 0 Å². The van der Waals surface area contributed by atoms with Gasteiger partial charge in [0.05, 0.1) is 26.0 Å². The van der Waals surface area contributed by atoms with E-state index in [1.54, 1.807) is 11.9 Å². The van der Waals surface area contributed by atoms with Crippen molar-refractivity contribution in [3.8, 4) is 0 Å². The highest BCUT2D eigenvalue weighted by Crippen LogP contribution is 2.02. The average Bonchev–Trinajstić information content (AvgIpc) is 2.43. The summed E-state index contributed by atoms with van der Waals surface area (Å²) in [4.78, 5) is 32.0. The second-order valence-electron chi connectivity index (χ2n) is 3.54. The maximum absolute atomic E-state index is 11.5. The van der Waals surface area contributed by atoms with E-state index in [9.17, 15) is 9.59 Å². The number of rotatable bonds is 5. The molecule has 1 amide bonds. The Balaban J connectivity index is 2.54. The summed E-state index contributed by atoms with van der Waals surface area (Å²) in [5, 5.41) is 2.83. The molecule has 7 nitrogen and oxygen atoms in total. The van der Waals surface area contributed by atoms with Gasteiger partial charge in [-0.1, -0.05) is 0 Å². The van der Waals surface area contributed by atoms with Gasteiger partial charge in [-0.3, -0.25) is 4.79 Å². The number of hydrogen-bond donors (Lipinski definition) is 1. The molecule has 0 aliphatic carbocycles. The fourth-order valence-electron chi connectivity index (χ4n) is 1.11. The monoisotopic (exact) mass is 252 g/mol. The van der Waals surface area contributed by atoms with Crippen molar-refractivity contribution in [2.75, 3.05) is 32.6 Å². The first-order chi connectivity index (χ1) is 8.58. The van der Waals surface area contributed by atoms with E-state index in [2.05, 4.69) is 20.0 Å². The zero-order valence-electron chi connectivity index (χ0n) is 10.6. The molecule has 0 fully saturated rings. The summed E-state index contributed by atoms with van der Waals surface area (Å²) in [7, 11) is 2.99. The third-order valence-electron chi connectivity index (χ3n) is 2.37. The Labute approximate surface area is 105 Å². The topological polar surface area (TPSA) is 84.4 Å². The Kier molecular flexibility index (Phi) is 5.04. The van der Waals surface area contributed by atoms with Gasteiger partial charge in [0, 0.05) is 13.6 Å². The van der Waals surface area contributed by atoms with Crippen LogP contribution < -0.4 is 5.32 Å². The van der Waals surface area contributed by atoms with E-state index in [1.165, 1.54) is 19.5 Å². The van der Waals surface area contributed by atoms with Crippen molar-refractivity contribution in [3.63, 3.8) is 0 Å². The summed E-state index contributed by atoms with van der Waals surface area (Å²) in [6.07, 6.45) is 2.67. The molecular formula is C11H16N4O3. The number of nitrogens with zero attached hydrogens (tertiary/aromatic N) is 3. The van der Waals surface area contributed by atoms with Gasteiger partial charge < -0.3 is 15.0 Å². The minimum Gasteiger partial charge on any atom is -0.464 e. The number of ether oxygens (including phenoxy) is 1. The van der Waals surface area contributed by atoms with E-state index >= 15 is 0 Å². The molecule has 7 heteroatoms. The predicted octanol–water partition coefficient (Wildman–Crippen LogP) is 0.153. The Morgan fingerprint density at radius 3 is 2.61 bits per heavy atom. The number of carbonyl (C=O) groups is 2. The summed E-state index contributed by atoms with van der Waals surface area (Å²) in [5.74, 6) is -0.160. The SMILES string of the molecule is CCN(C)C(=O)CNc1cnc(C(=O)OC)cn1. The molecule has 0 unspecified atom stereocenters. The maximum Gasteiger partial charge on any atom is 0.358 e. The number of amides is 1. The van der Waals surface area contributed by atoms with E-state index in [-0.39, 0.29) is 18.1 Å². The molecule has 0 aromatic carbocycles. The van der Waals surface area contributed by atoms with Gasteiger partial charge in [-0.05, 0) is 6.92 Å². The lowest BCUT2D eigenvalue weighted by Gasteiger charge is -2.14. The lowest BCUT2D eigenvalue weighted by atomic mass is 10.4. The largest absolute Gasteiger partial charge is 0.464 e. The molecule has 1 aromatic heterocycles. The molecule has 0 saturated carbocycles. The molecule has 0 atom stereocenters. The maximum atomic E-state index is 11.5. The minimum absolute atomic E-state index is 0.0451. The molecule has 0 bridgehead atoms. The zero-order chi connectivity index (χ0) is 13.5. The van der Waals surface area contributed by atoms with Crippen LogP contribution in [0.25, 0.3) is 0 Å². The van der Waals surface area contributed by atoms with E-state index in [0.717, 1.165) is 0 Å². The number of aromatic nitrogens is 2. The van der Waals surface area contributed by atoms with Crippen LogP contribution in [0.1, 0.15) is 17.4 Å². The number of esters is 1. The quantitative estimate of drug-likeness (QED) is 0.751. The van der Waals surface area contributed by atoms with Crippen LogP contribution in [0.3, 0.4) is 0 Å².